The van der Waals surface area contributed by atoms with Gasteiger partial charge in [0.1, 0.15) is 0 Å². The second kappa shape index (κ2) is 5.99. The summed E-state index contributed by atoms with van der Waals surface area (Å²) < 4.78 is 0. The molecule has 0 aliphatic heterocycles. The summed E-state index contributed by atoms with van der Waals surface area (Å²) in [6, 6.07) is 0.421. The zero-order chi connectivity index (χ0) is 9.56. The molecule has 12 heavy (non-hydrogen) atoms. The monoisotopic (exact) mass is 167 g/mol. The van der Waals surface area contributed by atoms with Crippen LogP contribution in [0.25, 0.3) is 0 Å². The summed E-state index contributed by atoms with van der Waals surface area (Å²) in [4.78, 5) is 4.52. The third-order valence-corrected chi connectivity index (χ3v) is 1.75. The largest absolute Gasteiger partial charge is 0.293 e. The minimum absolute atomic E-state index is 0.421. The smallest absolute Gasteiger partial charge is 0.0552 e. The molecule has 0 radical (unpaired) electrons. The van der Waals surface area contributed by atoms with Crippen molar-refractivity contribution in [1.29, 1.82) is 0 Å². The molecule has 1 unspecified atom stereocenters. The van der Waals surface area contributed by atoms with Gasteiger partial charge in [0.25, 0.3) is 0 Å². The Morgan fingerprint density at radius 3 is 2.17 bits per heavy atom. The first-order valence-corrected chi connectivity index (χ1v) is 4.72. The fourth-order valence-electron chi connectivity index (χ4n) is 0.959. The molecule has 0 aromatic heterocycles. The van der Waals surface area contributed by atoms with Gasteiger partial charge in [0.15, 0.2) is 0 Å². The third kappa shape index (κ3) is 5.11. The lowest BCUT2D eigenvalue weighted by Crippen LogP contribution is -2.12. The van der Waals surface area contributed by atoms with Gasteiger partial charge in [-0.3, -0.25) is 4.99 Å². The maximum atomic E-state index is 4.52. The van der Waals surface area contributed by atoms with Crippen LogP contribution in [-0.4, -0.2) is 12.3 Å². The van der Waals surface area contributed by atoms with Gasteiger partial charge in [-0.25, -0.2) is 0 Å². The van der Waals surface area contributed by atoms with Crippen molar-refractivity contribution in [2.75, 3.05) is 0 Å². The van der Waals surface area contributed by atoms with E-state index in [-0.39, 0.29) is 0 Å². The van der Waals surface area contributed by atoms with Crippen LogP contribution in [0.1, 0.15) is 34.1 Å². The molecule has 0 saturated carbocycles. The van der Waals surface area contributed by atoms with Gasteiger partial charge < -0.3 is 0 Å². The zero-order valence-electron chi connectivity index (χ0n) is 8.75. The molecule has 0 spiro atoms. The van der Waals surface area contributed by atoms with E-state index >= 15 is 0 Å². The Bertz CT molecular complexity index is 145. The molecule has 0 aromatic carbocycles. The predicted molar refractivity (Wildman–Crippen MR) is 56.8 cm³/mol. The summed E-state index contributed by atoms with van der Waals surface area (Å²) in [6.45, 7) is 12.4. The Hall–Kier alpha value is -0.590. The minimum atomic E-state index is 0.421. The van der Waals surface area contributed by atoms with Crippen molar-refractivity contribution >= 4 is 6.21 Å². The van der Waals surface area contributed by atoms with E-state index in [1.807, 2.05) is 12.3 Å². The van der Waals surface area contributed by atoms with Crippen LogP contribution >= 0.6 is 0 Å². The molecule has 0 rings (SSSR count). The summed E-state index contributed by atoms with van der Waals surface area (Å²) in [5.74, 6) is 1.16. The highest BCUT2D eigenvalue weighted by atomic mass is 14.8. The Morgan fingerprint density at radius 1 is 1.25 bits per heavy atom. The highest BCUT2D eigenvalue weighted by Gasteiger charge is 2.08. The fourth-order valence-corrected chi connectivity index (χ4v) is 0.959. The Labute approximate surface area is 76.6 Å². The van der Waals surface area contributed by atoms with Crippen molar-refractivity contribution in [3.05, 3.63) is 12.7 Å². The maximum absolute atomic E-state index is 4.52. The van der Waals surface area contributed by atoms with Crippen LogP contribution in [0.4, 0.5) is 0 Å². The van der Waals surface area contributed by atoms with Gasteiger partial charge in [-0.2, -0.15) is 0 Å². The van der Waals surface area contributed by atoms with Crippen LogP contribution in [0, 0.1) is 11.8 Å². The molecule has 0 N–H and O–H groups in total. The first-order valence-electron chi connectivity index (χ1n) is 4.72. The lowest BCUT2D eigenvalue weighted by atomic mass is 10.0. The van der Waals surface area contributed by atoms with E-state index in [1.165, 1.54) is 0 Å². The molecule has 0 aliphatic carbocycles. The van der Waals surface area contributed by atoms with E-state index in [4.69, 9.17) is 0 Å². The van der Waals surface area contributed by atoms with Crippen molar-refractivity contribution < 1.29 is 0 Å². The van der Waals surface area contributed by atoms with Gasteiger partial charge in [-0.1, -0.05) is 33.8 Å². The standard InChI is InChI=1S/C11H21N/c1-6-7-11(10(4)5)12-8-9(2)3/h6,8-11H,1,7H2,2-5H3. The van der Waals surface area contributed by atoms with Crippen LogP contribution in [0.15, 0.2) is 17.6 Å². The number of hydrogen-bond acceptors (Lipinski definition) is 1. The first kappa shape index (κ1) is 11.4. The van der Waals surface area contributed by atoms with Crippen LogP contribution in [0.2, 0.25) is 0 Å². The molecule has 0 amide bonds. The average Bonchev–Trinajstić information content (AvgIpc) is 1.96. The van der Waals surface area contributed by atoms with Gasteiger partial charge in [-0.05, 0) is 18.3 Å². The van der Waals surface area contributed by atoms with E-state index in [0.29, 0.717) is 17.9 Å². The highest BCUT2D eigenvalue weighted by Crippen LogP contribution is 2.10. The van der Waals surface area contributed by atoms with Gasteiger partial charge >= 0.3 is 0 Å². The summed E-state index contributed by atoms with van der Waals surface area (Å²) in [5, 5.41) is 0. The van der Waals surface area contributed by atoms with Crippen molar-refractivity contribution in [3.8, 4) is 0 Å². The molecule has 0 bridgehead atoms. The van der Waals surface area contributed by atoms with Gasteiger partial charge in [0.2, 0.25) is 0 Å². The second-order valence-electron chi connectivity index (χ2n) is 3.88. The Balaban J connectivity index is 4.02. The van der Waals surface area contributed by atoms with Crippen LogP contribution in [0.5, 0.6) is 0 Å². The van der Waals surface area contributed by atoms with Crippen molar-refractivity contribution in [2.45, 2.75) is 40.2 Å². The van der Waals surface area contributed by atoms with E-state index in [0.717, 1.165) is 6.42 Å². The molecule has 0 heterocycles. The molecule has 1 atom stereocenters. The molecule has 1 nitrogen and oxygen atoms in total. The van der Waals surface area contributed by atoms with Crippen LogP contribution in [0.3, 0.4) is 0 Å². The molecule has 0 saturated heterocycles. The Kier molecular flexibility index (Phi) is 5.69. The highest BCUT2D eigenvalue weighted by molar-refractivity contribution is 5.59. The number of hydrogen-bond donors (Lipinski definition) is 0. The molecule has 0 fully saturated rings. The van der Waals surface area contributed by atoms with Crippen molar-refractivity contribution in [2.24, 2.45) is 16.8 Å². The summed E-state index contributed by atoms with van der Waals surface area (Å²) in [6.07, 6.45) is 4.97. The summed E-state index contributed by atoms with van der Waals surface area (Å²) >= 11 is 0. The zero-order valence-corrected chi connectivity index (χ0v) is 8.75. The Morgan fingerprint density at radius 2 is 1.83 bits per heavy atom. The van der Waals surface area contributed by atoms with E-state index in [2.05, 4.69) is 39.3 Å². The maximum Gasteiger partial charge on any atom is 0.0552 e. The lowest BCUT2D eigenvalue weighted by molar-refractivity contribution is 0.499. The normalized spacial score (nSPS) is 14.5. The average molecular weight is 167 g/mol. The summed E-state index contributed by atoms with van der Waals surface area (Å²) in [7, 11) is 0. The van der Waals surface area contributed by atoms with E-state index < -0.39 is 0 Å². The van der Waals surface area contributed by atoms with Gasteiger partial charge in [0, 0.05) is 6.21 Å². The van der Waals surface area contributed by atoms with Crippen LogP contribution in [-0.2, 0) is 0 Å². The van der Waals surface area contributed by atoms with Gasteiger partial charge in [-0.15, -0.1) is 6.58 Å². The number of rotatable bonds is 5. The SMILES string of the molecule is C=CCC(N=CC(C)C)C(C)C. The first-order chi connectivity index (χ1) is 5.57. The van der Waals surface area contributed by atoms with Crippen molar-refractivity contribution in [3.63, 3.8) is 0 Å². The second-order valence-corrected chi connectivity index (χ2v) is 3.88. The molecule has 70 valence electrons. The minimum Gasteiger partial charge on any atom is -0.293 e. The van der Waals surface area contributed by atoms with Crippen LogP contribution < -0.4 is 0 Å². The predicted octanol–water partition coefficient (Wildman–Crippen LogP) is 3.31. The van der Waals surface area contributed by atoms with E-state index in [9.17, 15) is 0 Å². The number of aliphatic imine (C=N–C) groups is 1. The molecule has 1 heteroatoms. The van der Waals surface area contributed by atoms with Gasteiger partial charge in [0.05, 0.1) is 6.04 Å². The molecule has 0 aliphatic rings. The molecular formula is C11H21N. The van der Waals surface area contributed by atoms with Crippen molar-refractivity contribution in [1.82, 2.24) is 0 Å². The topological polar surface area (TPSA) is 12.4 Å². The molecular weight excluding hydrogens is 146 g/mol. The summed E-state index contributed by atoms with van der Waals surface area (Å²) in [5.41, 5.74) is 0. The number of nitrogens with zero attached hydrogens (tertiary/aromatic N) is 1. The fraction of sp³-hybridized carbons (Fsp3) is 0.727. The lowest BCUT2D eigenvalue weighted by Gasteiger charge is -2.14. The third-order valence-electron chi connectivity index (χ3n) is 1.75. The molecule has 0 aromatic rings. The van der Waals surface area contributed by atoms with E-state index in [1.54, 1.807) is 0 Å². The quantitative estimate of drug-likeness (QED) is 0.440.